The van der Waals surface area contributed by atoms with Crippen molar-refractivity contribution in [2.75, 3.05) is 39.6 Å². The number of carboxylic acid groups (broad SMARTS) is 1. The first kappa shape index (κ1) is 19.1. The van der Waals surface area contributed by atoms with E-state index in [1.165, 1.54) is 0 Å². The van der Waals surface area contributed by atoms with Gasteiger partial charge in [0, 0.05) is 0 Å². The van der Waals surface area contributed by atoms with Gasteiger partial charge in [0.25, 0.3) is 0 Å². The van der Waals surface area contributed by atoms with Crippen molar-refractivity contribution >= 4 is 11.9 Å². The van der Waals surface area contributed by atoms with Crippen LogP contribution in [0.15, 0.2) is 30.3 Å². The molecule has 7 heteroatoms. The van der Waals surface area contributed by atoms with Crippen molar-refractivity contribution in [1.82, 2.24) is 0 Å². The van der Waals surface area contributed by atoms with Gasteiger partial charge in [-0.15, -0.1) is 0 Å². The first-order valence-electron chi connectivity index (χ1n) is 7.33. The second-order valence-electron chi connectivity index (χ2n) is 4.57. The molecule has 0 aliphatic carbocycles. The highest BCUT2D eigenvalue weighted by Crippen LogP contribution is 2.01. The summed E-state index contributed by atoms with van der Waals surface area (Å²) in [6, 6.07) is 9.46. The minimum atomic E-state index is -1.01. The monoisotopic (exact) mass is 326 g/mol. The average Bonchev–Trinajstić information content (AvgIpc) is 2.55. The number of ether oxygens (including phenoxy) is 4. The van der Waals surface area contributed by atoms with Gasteiger partial charge >= 0.3 is 11.9 Å². The van der Waals surface area contributed by atoms with Crippen LogP contribution in [0.4, 0.5) is 0 Å². The van der Waals surface area contributed by atoms with E-state index in [2.05, 4.69) is 0 Å². The predicted octanol–water partition coefficient (Wildman–Crippen LogP) is 1.25. The number of carboxylic acids is 1. The Morgan fingerprint density at radius 2 is 1.48 bits per heavy atom. The summed E-state index contributed by atoms with van der Waals surface area (Å²) >= 11 is 0. The van der Waals surface area contributed by atoms with Crippen LogP contribution in [-0.2, 0) is 35.1 Å². The third kappa shape index (κ3) is 11.3. The molecule has 0 aliphatic rings. The van der Waals surface area contributed by atoms with Crippen LogP contribution >= 0.6 is 0 Å². The highest BCUT2D eigenvalue weighted by Gasteiger charge is 2.03. The molecule has 0 saturated carbocycles. The molecule has 0 aliphatic heterocycles. The van der Waals surface area contributed by atoms with Gasteiger partial charge in [-0.25, -0.2) is 4.79 Å². The summed E-state index contributed by atoms with van der Waals surface area (Å²) in [5.41, 5.74) is 0.945. The molecule has 0 bridgehead atoms. The number of hydrogen-bond acceptors (Lipinski definition) is 6. The summed E-state index contributed by atoms with van der Waals surface area (Å²) in [4.78, 5) is 21.6. The molecule has 1 aromatic rings. The van der Waals surface area contributed by atoms with Crippen molar-refractivity contribution in [1.29, 1.82) is 0 Å². The lowest BCUT2D eigenvalue weighted by Gasteiger charge is -2.07. The van der Waals surface area contributed by atoms with E-state index >= 15 is 0 Å². The van der Waals surface area contributed by atoms with Gasteiger partial charge in [-0.05, 0) is 5.56 Å². The van der Waals surface area contributed by atoms with Crippen molar-refractivity contribution in [3.05, 3.63) is 35.9 Å². The second kappa shape index (κ2) is 12.6. The Hall–Kier alpha value is -1.96. The van der Waals surface area contributed by atoms with Crippen molar-refractivity contribution < 1.29 is 33.6 Å². The number of rotatable bonds is 13. The molecular formula is C16H22O7. The van der Waals surface area contributed by atoms with Crippen molar-refractivity contribution in [3.63, 3.8) is 0 Å². The quantitative estimate of drug-likeness (QED) is 0.431. The molecule has 0 spiro atoms. The molecule has 0 amide bonds. The van der Waals surface area contributed by atoms with Gasteiger partial charge in [0.1, 0.15) is 13.2 Å². The van der Waals surface area contributed by atoms with Crippen LogP contribution in [0.2, 0.25) is 0 Å². The predicted molar refractivity (Wildman–Crippen MR) is 80.9 cm³/mol. The van der Waals surface area contributed by atoms with Crippen LogP contribution in [0.5, 0.6) is 0 Å². The van der Waals surface area contributed by atoms with Gasteiger partial charge in [0.15, 0.2) is 0 Å². The molecule has 0 radical (unpaired) electrons. The van der Waals surface area contributed by atoms with E-state index in [0.717, 1.165) is 5.56 Å². The van der Waals surface area contributed by atoms with Crippen LogP contribution in [-0.4, -0.2) is 56.7 Å². The highest BCUT2D eigenvalue weighted by atomic mass is 16.6. The van der Waals surface area contributed by atoms with E-state index in [4.69, 9.17) is 24.1 Å². The Morgan fingerprint density at radius 3 is 2.13 bits per heavy atom. The number of esters is 1. The summed E-state index contributed by atoms with van der Waals surface area (Å²) in [5, 5.41) is 8.34. The maximum Gasteiger partial charge on any atom is 0.329 e. The maximum absolute atomic E-state index is 11.5. The Kier molecular flexibility index (Phi) is 10.4. The second-order valence-corrected chi connectivity index (χ2v) is 4.57. The molecule has 0 aromatic heterocycles. The number of carbonyl (C=O) groups is 2. The molecule has 7 nitrogen and oxygen atoms in total. The third-order valence-electron chi connectivity index (χ3n) is 2.66. The molecule has 0 heterocycles. The lowest BCUT2D eigenvalue weighted by atomic mass is 10.2. The van der Waals surface area contributed by atoms with Crippen LogP contribution < -0.4 is 0 Å². The van der Waals surface area contributed by atoms with Crippen molar-refractivity contribution in [3.8, 4) is 0 Å². The molecule has 0 fully saturated rings. The zero-order valence-electron chi connectivity index (χ0n) is 12.9. The molecule has 128 valence electrons. The molecule has 1 rings (SSSR count). The number of hydrogen-bond donors (Lipinski definition) is 1. The summed E-state index contributed by atoms with van der Waals surface area (Å²) in [6.07, 6.45) is 0.189. The minimum absolute atomic E-state index is 0.189. The lowest BCUT2D eigenvalue weighted by molar-refractivity contribution is -0.146. The van der Waals surface area contributed by atoms with Crippen LogP contribution in [0.3, 0.4) is 0 Å². The first-order valence-corrected chi connectivity index (χ1v) is 7.33. The third-order valence-corrected chi connectivity index (χ3v) is 2.66. The number of carbonyl (C=O) groups excluding carboxylic acids is 1. The highest BCUT2D eigenvalue weighted by molar-refractivity contribution is 5.69. The molecular weight excluding hydrogens is 304 g/mol. The van der Waals surface area contributed by atoms with Gasteiger partial charge in [-0.3, -0.25) is 4.79 Å². The van der Waals surface area contributed by atoms with Crippen molar-refractivity contribution in [2.24, 2.45) is 0 Å². The van der Waals surface area contributed by atoms with E-state index in [9.17, 15) is 9.59 Å². The summed E-state index contributed by atoms with van der Waals surface area (Å²) in [5.74, 6) is -1.32. The largest absolute Gasteiger partial charge is 0.480 e. The fourth-order valence-corrected chi connectivity index (χ4v) is 1.57. The fraction of sp³-hybridized carbons (Fsp3) is 0.500. The zero-order valence-corrected chi connectivity index (χ0v) is 12.9. The lowest BCUT2D eigenvalue weighted by Crippen LogP contribution is -2.14. The number of benzene rings is 1. The minimum Gasteiger partial charge on any atom is -0.480 e. The first-order chi connectivity index (χ1) is 11.2. The Labute approximate surface area is 135 Å². The van der Waals surface area contributed by atoms with E-state index < -0.39 is 5.97 Å². The fourth-order valence-electron chi connectivity index (χ4n) is 1.57. The Morgan fingerprint density at radius 1 is 0.870 bits per heavy atom. The van der Waals surface area contributed by atoms with Crippen LogP contribution in [0.25, 0.3) is 0 Å². The topological polar surface area (TPSA) is 91.3 Å². The van der Waals surface area contributed by atoms with E-state index in [1.807, 2.05) is 30.3 Å². The van der Waals surface area contributed by atoms with E-state index in [0.29, 0.717) is 19.8 Å². The van der Waals surface area contributed by atoms with Gasteiger partial charge in [-0.1, -0.05) is 30.3 Å². The standard InChI is InChI=1S/C16H22O7/c17-15(18)13-22-11-10-21-9-8-20-7-6-16(19)23-12-14-4-2-1-3-5-14/h1-5H,6-13H2,(H,17,18). The smallest absolute Gasteiger partial charge is 0.329 e. The summed E-state index contributed by atoms with van der Waals surface area (Å²) < 4.78 is 20.3. The molecule has 1 aromatic carbocycles. The van der Waals surface area contributed by atoms with Crippen LogP contribution in [0.1, 0.15) is 12.0 Å². The van der Waals surface area contributed by atoms with Crippen molar-refractivity contribution in [2.45, 2.75) is 13.0 Å². The van der Waals surface area contributed by atoms with E-state index in [1.54, 1.807) is 0 Å². The number of aliphatic carboxylic acids is 1. The van der Waals surface area contributed by atoms with Gasteiger partial charge < -0.3 is 24.1 Å². The molecule has 0 atom stereocenters. The van der Waals surface area contributed by atoms with E-state index in [-0.39, 0.29) is 38.8 Å². The Balaban J connectivity index is 1.87. The van der Waals surface area contributed by atoms with Crippen LogP contribution in [0, 0.1) is 0 Å². The SMILES string of the molecule is O=C(O)COCCOCCOCCC(=O)OCc1ccccc1. The average molecular weight is 326 g/mol. The van der Waals surface area contributed by atoms with Gasteiger partial charge in [-0.2, -0.15) is 0 Å². The maximum atomic E-state index is 11.5. The molecule has 23 heavy (non-hydrogen) atoms. The molecule has 0 unspecified atom stereocenters. The molecule has 0 saturated heterocycles. The summed E-state index contributed by atoms with van der Waals surface area (Å²) in [7, 11) is 0. The molecule has 1 N–H and O–H groups in total. The Bertz CT molecular complexity index is 447. The summed E-state index contributed by atoms with van der Waals surface area (Å²) in [6.45, 7) is 1.44. The van der Waals surface area contributed by atoms with Gasteiger partial charge in [0.05, 0.1) is 39.5 Å². The normalized spacial score (nSPS) is 10.4. The zero-order chi connectivity index (χ0) is 16.8. The van der Waals surface area contributed by atoms with Gasteiger partial charge in [0.2, 0.25) is 0 Å².